The highest BCUT2D eigenvalue weighted by Gasteiger charge is 2.03. The van der Waals surface area contributed by atoms with Gasteiger partial charge in [-0.05, 0) is 18.2 Å². The van der Waals surface area contributed by atoms with Crippen molar-refractivity contribution in [2.75, 3.05) is 0 Å². The molecule has 0 amide bonds. The van der Waals surface area contributed by atoms with Gasteiger partial charge in [-0.1, -0.05) is 30.3 Å². The van der Waals surface area contributed by atoms with E-state index >= 15 is 0 Å². The third-order valence-electron chi connectivity index (χ3n) is 2.19. The Morgan fingerprint density at radius 1 is 0.923 bits per heavy atom. The highest BCUT2D eigenvalue weighted by molar-refractivity contribution is 6.04. The lowest BCUT2D eigenvalue weighted by atomic mass is 10.2. The molecule has 1 radical (unpaired) electrons. The second kappa shape index (κ2) is 2.36. The van der Waals surface area contributed by atoms with E-state index in [0.717, 1.165) is 21.9 Å². The fraction of sp³-hybridized carbons (Fsp3) is 0. The van der Waals surface area contributed by atoms with Crippen LogP contribution in [0.15, 0.2) is 46.9 Å². The van der Waals surface area contributed by atoms with Gasteiger partial charge < -0.3 is 4.42 Å². The maximum atomic E-state index is 5.62. The Hall–Kier alpha value is -1.76. The zero-order valence-corrected chi connectivity index (χ0v) is 6.95. The van der Waals surface area contributed by atoms with Gasteiger partial charge in [-0.15, -0.1) is 0 Å². The van der Waals surface area contributed by atoms with Crippen molar-refractivity contribution in [1.29, 1.82) is 0 Å². The average Bonchev–Trinajstić information content (AvgIpc) is 2.56. The van der Waals surface area contributed by atoms with Crippen LogP contribution in [0.3, 0.4) is 0 Å². The van der Waals surface area contributed by atoms with Crippen molar-refractivity contribution < 1.29 is 4.42 Å². The Bertz CT molecular complexity index is 513. The molecule has 0 unspecified atom stereocenters. The normalized spacial score (nSPS) is 11.1. The Morgan fingerprint density at radius 2 is 1.77 bits per heavy atom. The smallest absolute Gasteiger partial charge is 0.136 e. The molecule has 0 spiro atoms. The first-order valence-electron chi connectivity index (χ1n) is 4.23. The monoisotopic (exact) mass is 167 g/mol. The number of rotatable bonds is 0. The molecule has 13 heavy (non-hydrogen) atoms. The maximum absolute atomic E-state index is 5.62. The summed E-state index contributed by atoms with van der Waals surface area (Å²) < 4.78 is 5.62. The average molecular weight is 167 g/mol. The fourth-order valence-corrected chi connectivity index (χ4v) is 1.60. The molecule has 1 heteroatoms. The molecule has 0 N–H and O–H groups in total. The molecule has 1 aromatic heterocycles. The maximum Gasteiger partial charge on any atom is 0.136 e. The van der Waals surface area contributed by atoms with Gasteiger partial charge in [0.05, 0.1) is 0 Å². The van der Waals surface area contributed by atoms with Gasteiger partial charge in [-0.25, -0.2) is 0 Å². The molecule has 61 valence electrons. The molecular formula is C12H7O. The third kappa shape index (κ3) is 0.872. The molecule has 2 aromatic carbocycles. The number of benzene rings is 2. The molecule has 1 nitrogen and oxygen atoms in total. The third-order valence-corrected chi connectivity index (χ3v) is 2.19. The van der Waals surface area contributed by atoms with Crippen LogP contribution in [-0.2, 0) is 0 Å². The summed E-state index contributed by atoms with van der Waals surface area (Å²) in [6.45, 7) is 0. The lowest BCUT2D eigenvalue weighted by Gasteiger charge is -1.84. The minimum absolute atomic E-state index is 0.906. The topological polar surface area (TPSA) is 13.1 Å². The summed E-state index contributed by atoms with van der Waals surface area (Å²) in [6.07, 6.45) is 0. The van der Waals surface area contributed by atoms with E-state index in [0.29, 0.717) is 0 Å². The van der Waals surface area contributed by atoms with Crippen LogP contribution in [0.2, 0.25) is 0 Å². The van der Waals surface area contributed by atoms with E-state index in [1.54, 1.807) is 0 Å². The molecule has 0 aliphatic carbocycles. The fourth-order valence-electron chi connectivity index (χ4n) is 1.60. The first-order chi connectivity index (χ1) is 6.45. The van der Waals surface area contributed by atoms with Crippen molar-refractivity contribution in [1.82, 2.24) is 0 Å². The lowest BCUT2D eigenvalue weighted by molar-refractivity contribution is 0.669. The van der Waals surface area contributed by atoms with Crippen molar-refractivity contribution in [2.45, 2.75) is 0 Å². The van der Waals surface area contributed by atoms with Crippen LogP contribution in [0.1, 0.15) is 0 Å². The van der Waals surface area contributed by atoms with Crippen molar-refractivity contribution >= 4 is 21.9 Å². The van der Waals surface area contributed by atoms with Gasteiger partial charge in [-0.3, -0.25) is 0 Å². The predicted octanol–water partition coefficient (Wildman–Crippen LogP) is 3.39. The van der Waals surface area contributed by atoms with Crippen LogP contribution in [-0.4, -0.2) is 0 Å². The number of hydrogen-bond donors (Lipinski definition) is 0. The van der Waals surface area contributed by atoms with Crippen LogP contribution < -0.4 is 0 Å². The Kier molecular flexibility index (Phi) is 1.22. The molecule has 3 rings (SSSR count). The quantitative estimate of drug-likeness (QED) is 0.500. The van der Waals surface area contributed by atoms with E-state index in [2.05, 4.69) is 12.1 Å². The largest absolute Gasteiger partial charge is 0.456 e. The van der Waals surface area contributed by atoms with Gasteiger partial charge >= 0.3 is 0 Å². The van der Waals surface area contributed by atoms with Gasteiger partial charge in [0.1, 0.15) is 11.2 Å². The zero-order valence-electron chi connectivity index (χ0n) is 6.95. The Balaban J connectivity index is 2.64. The second-order valence-corrected chi connectivity index (χ2v) is 3.01. The standard InChI is InChI=1S/C12H7O/c1-3-7-11-9(5-1)10-6-2-4-8-12(10)13-11/h1-5,7-8H. The van der Waals surface area contributed by atoms with Crippen molar-refractivity contribution in [3.8, 4) is 0 Å². The molecule has 0 bridgehead atoms. The number of hydrogen-bond acceptors (Lipinski definition) is 1. The van der Waals surface area contributed by atoms with Crippen LogP contribution >= 0.6 is 0 Å². The summed E-state index contributed by atoms with van der Waals surface area (Å²) in [5.41, 5.74) is 1.84. The first-order valence-corrected chi connectivity index (χ1v) is 4.23. The van der Waals surface area contributed by atoms with Gasteiger partial charge in [0, 0.05) is 10.8 Å². The summed E-state index contributed by atoms with van der Waals surface area (Å²) >= 11 is 0. The van der Waals surface area contributed by atoms with E-state index in [9.17, 15) is 0 Å². The molecule has 0 atom stereocenters. The molecule has 0 saturated heterocycles. The SMILES string of the molecule is [c]1cccc2oc3ccccc3c12. The van der Waals surface area contributed by atoms with E-state index in [1.807, 2.05) is 36.4 Å². The van der Waals surface area contributed by atoms with Crippen LogP contribution in [0, 0.1) is 6.07 Å². The van der Waals surface area contributed by atoms with E-state index in [1.165, 1.54) is 0 Å². The molecule has 0 saturated carbocycles. The first kappa shape index (κ1) is 6.72. The van der Waals surface area contributed by atoms with Gasteiger partial charge in [0.25, 0.3) is 0 Å². The molecule has 0 aliphatic heterocycles. The highest BCUT2D eigenvalue weighted by atomic mass is 16.3. The lowest BCUT2D eigenvalue weighted by Crippen LogP contribution is -1.63. The summed E-state index contributed by atoms with van der Waals surface area (Å²) in [5.74, 6) is 0. The van der Waals surface area contributed by atoms with E-state index < -0.39 is 0 Å². The van der Waals surface area contributed by atoms with Crippen molar-refractivity contribution in [3.05, 3.63) is 48.5 Å². The number of furan rings is 1. The molecule has 1 heterocycles. The second-order valence-electron chi connectivity index (χ2n) is 3.01. The summed E-state index contributed by atoms with van der Waals surface area (Å²) in [6, 6.07) is 17.0. The predicted molar refractivity (Wildman–Crippen MR) is 52.6 cm³/mol. The Morgan fingerprint density at radius 3 is 2.77 bits per heavy atom. The number of fused-ring (bicyclic) bond motifs is 3. The minimum atomic E-state index is 0.906. The zero-order chi connectivity index (χ0) is 8.67. The highest BCUT2D eigenvalue weighted by Crippen LogP contribution is 2.27. The minimum Gasteiger partial charge on any atom is -0.456 e. The van der Waals surface area contributed by atoms with Gasteiger partial charge in [0.2, 0.25) is 0 Å². The van der Waals surface area contributed by atoms with Crippen molar-refractivity contribution in [2.24, 2.45) is 0 Å². The van der Waals surface area contributed by atoms with Crippen LogP contribution in [0.5, 0.6) is 0 Å². The van der Waals surface area contributed by atoms with Crippen LogP contribution in [0.4, 0.5) is 0 Å². The summed E-state index contributed by atoms with van der Waals surface area (Å²) in [4.78, 5) is 0. The summed E-state index contributed by atoms with van der Waals surface area (Å²) in [5, 5.41) is 2.20. The van der Waals surface area contributed by atoms with Gasteiger partial charge in [0.15, 0.2) is 0 Å². The molecular weight excluding hydrogens is 160 g/mol. The number of para-hydroxylation sites is 1. The van der Waals surface area contributed by atoms with Crippen LogP contribution in [0.25, 0.3) is 21.9 Å². The van der Waals surface area contributed by atoms with Crippen molar-refractivity contribution in [3.63, 3.8) is 0 Å². The van der Waals surface area contributed by atoms with E-state index in [4.69, 9.17) is 4.42 Å². The Labute approximate surface area is 75.6 Å². The molecule has 0 aliphatic rings. The van der Waals surface area contributed by atoms with E-state index in [-0.39, 0.29) is 0 Å². The molecule has 0 fully saturated rings. The van der Waals surface area contributed by atoms with Gasteiger partial charge in [-0.2, -0.15) is 0 Å². The summed E-state index contributed by atoms with van der Waals surface area (Å²) in [7, 11) is 0. The molecule has 3 aromatic rings.